The number of aromatic nitrogens is 2. The first-order chi connectivity index (χ1) is 11.4. The summed E-state index contributed by atoms with van der Waals surface area (Å²) in [5.41, 5.74) is 3.97. The van der Waals surface area contributed by atoms with E-state index in [1.54, 1.807) is 6.20 Å². The maximum absolute atomic E-state index is 8.88. The summed E-state index contributed by atoms with van der Waals surface area (Å²) in [6.07, 6.45) is 2.59. The fraction of sp³-hybridized carbons (Fsp3) is 0.476. The third kappa shape index (κ3) is 4.41. The van der Waals surface area contributed by atoms with E-state index in [1.165, 1.54) is 5.69 Å². The molecule has 3 heteroatoms. The quantitative estimate of drug-likeness (QED) is 0.744. The molecule has 0 spiro atoms. The molecular formula is C21H27N3. The highest BCUT2D eigenvalue weighted by Crippen LogP contribution is 2.27. The first kappa shape index (κ1) is 18.1. The maximum atomic E-state index is 8.88. The van der Waals surface area contributed by atoms with Gasteiger partial charge in [-0.25, -0.2) is 0 Å². The molecule has 2 aromatic rings. The Morgan fingerprint density at radius 1 is 0.958 bits per heavy atom. The van der Waals surface area contributed by atoms with Gasteiger partial charge in [-0.15, -0.1) is 0 Å². The van der Waals surface area contributed by atoms with Gasteiger partial charge in [0.15, 0.2) is 0 Å². The van der Waals surface area contributed by atoms with Crippen molar-refractivity contribution in [1.82, 2.24) is 9.97 Å². The molecule has 0 fully saturated rings. The van der Waals surface area contributed by atoms with Crippen molar-refractivity contribution in [2.24, 2.45) is 11.8 Å². The number of nitrogens with zero attached hydrogens (tertiary/aromatic N) is 3. The van der Waals surface area contributed by atoms with Crippen LogP contribution in [0.1, 0.15) is 69.1 Å². The average Bonchev–Trinajstić information content (AvgIpc) is 2.60. The van der Waals surface area contributed by atoms with E-state index >= 15 is 0 Å². The molecule has 2 heterocycles. The van der Waals surface area contributed by atoms with Gasteiger partial charge in [0.05, 0.1) is 5.56 Å². The number of nitriles is 1. The Hall–Kier alpha value is -2.21. The lowest BCUT2D eigenvalue weighted by molar-refractivity contribution is 0.468. The summed E-state index contributed by atoms with van der Waals surface area (Å²) in [4.78, 5) is 9.31. The van der Waals surface area contributed by atoms with Gasteiger partial charge in [0.1, 0.15) is 6.07 Å². The van der Waals surface area contributed by atoms with E-state index in [0.29, 0.717) is 29.2 Å². The summed E-state index contributed by atoms with van der Waals surface area (Å²) < 4.78 is 0. The van der Waals surface area contributed by atoms with Gasteiger partial charge >= 0.3 is 0 Å². The maximum Gasteiger partial charge on any atom is 0.101 e. The van der Waals surface area contributed by atoms with Crippen LogP contribution in [0.4, 0.5) is 0 Å². The monoisotopic (exact) mass is 321 g/mol. The Balaban J connectivity index is 2.09. The van der Waals surface area contributed by atoms with Crippen LogP contribution in [0, 0.1) is 23.2 Å². The third-order valence-corrected chi connectivity index (χ3v) is 5.06. The van der Waals surface area contributed by atoms with Gasteiger partial charge < -0.3 is 0 Å². The van der Waals surface area contributed by atoms with Crippen molar-refractivity contribution in [3.8, 4) is 6.07 Å². The lowest BCUT2D eigenvalue weighted by Gasteiger charge is -2.20. The Bertz CT molecular complexity index is 698. The van der Waals surface area contributed by atoms with Crippen LogP contribution < -0.4 is 0 Å². The van der Waals surface area contributed by atoms with Gasteiger partial charge in [0, 0.05) is 35.1 Å². The van der Waals surface area contributed by atoms with Crippen LogP contribution in [0.3, 0.4) is 0 Å². The molecule has 2 aromatic heterocycles. The van der Waals surface area contributed by atoms with Gasteiger partial charge in [0.25, 0.3) is 0 Å². The molecule has 0 aromatic carbocycles. The lowest BCUT2D eigenvalue weighted by atomic mass is 9.88. The van der Waals surface area contributed by atoms with Crippen LogP contribution >= 0.6 is 0 Å². The van der Waals surface area contributed by atoms with Gasteiger partial charge in [-0.05, 0) is 42.5 Å². The first-order valence-electron chi connectivity index (χ1n) is 8.74. The van der Waals surface area contributed by atoms with E-state index in [2.05, 4.69) is 63.9 Å². The minimum absolute atomic E-state index is 0.325. The van der Waals surface area contributed by atoms with Gasteiger partial charge in [0.2, 0.25) is 0 Å². The van der Waals surface area contributed by atoms with Crippen LogP contribution in [0.5, 0.6) is 0 Å². The van der Waals surface area contributed by atoms with E-state index in [-0.39, 0.29) is 0 Å². The minimum Gasteiger partial charge on any atom is -0.260 e. The largest absolute Gasteiger partial charge is 0.260 e. The molecule has 0 aliphatic heterocycles. The molecule has 3 atom stereocenters. The predicted octanol–water partition coefficient (Wildman–Crippen LogP) is 5.09. The molecule has 0 saturated heterocycles. The molecule has 3 nitrogen and oxygen atoms in total. The molecule has 1 unspecified atom stereocenters. The fourth-order valence-electron chi connectivity index (χ4n) is 2.75. The second kappa shape index (κ2) is 8.06. The molecule has 0 aliphatic rings. The summed E-state index contributed by atoms with van der Waals surface area (Å²) in [5, 5.41) is 8.88. The molecule has 126 valence electrons. The summed E-state index contributed by atoms with van der Waals surface area (Å²) in [6.45, 7) is 11.1. The Morgan fingerprint density at radius 3 is 2.29 bits per heavy atom. The minimum atomic E-state index is 0.325. The van der Waals surface area contributed by atoms with Crippen molar-refractivity contribution in [1.29, 1.82) is 5.26 Å². The molecular weight excluding hydrogens is 294 g/mol. The van der Waals surface area contributed by atoms with Gasteiger partial charge in [-0.2, -0.15) is 5.26 Å². The van der Waals surface area contributed by atoms with E-state index in [1.807, 2.05) is 12.1 Å². The van der Waals surface area contributed by atoms with Crippen molar-refractivity contribution in [2.75, 3.05) is 0 Å². The molecule has 0 radical (unpaired) electrons. The summed E-state index contributed by atoms with van der Waals surface area (Å²) in [7, 11) is 0. The van der Waals surface area contributed by atoms with E-state index < -0.39 is 0 Å². The second-order valence-corrected chi connectivity index (χ2v) is 7.14. The molecule has 0 N–H and O–H groups in total. The highest BCUT2D eigenvalue weighted by atomic mass is 14.7. The number of hydrogen-bond acceptors (Lipinski definition) is 3. The third-order valence-electron chi connectivity index (χ3n) is 5.06. The average molecular weight is 321 g/mol. The number of pyridine rings is 2. The molecule has 0 saturated carbocycles. The van der Waals surface area contributed by atoms with Crippen LogP contribution in [0.2, 0.25) is 0 Å². The summed E-state index contributed by atoms with van der Waals surface area (Å²) in [6, 6.07) is 12.3. The first-order valence-corrected chi connectivity index (χ1v) is 8.74. The molecule has 0 aliphatic carbocycles. The zero-order chi connectivity index (χ0) is 17.7. The zero-order valence-corrected chi connectivity index (χ0v) is 15.3. The van der Waals surface area contributed by atoms with Crippen molar-refractivity contribution >= 4 is 0 Å². The summed E-state index contributed by atoms with van der Waals surface area (Å²) >= 11 is 0. The zero-order valence-electron chi connectivity index (χ0n) is 15.3. The Morgan fingerprint density at radius 2 is 1.71 bits per heavy atom. The SMILES string of the molecule is CC(C)[C@H](C)c1cccc(CC(C)[C@H](C)c2ccc(C#N)cn2)n1. The van der Waals surface area contributed by atoms with Gasteiger partial charge in [-0.3, -0.25) is 9.97 Å². The lowest BCUT2D eigenvalue weighted by Crippen LogP contribution is -2.13. The van der Waals surface area contributed by atoms with Crippen LogP contribution in [0.25, 0.3) is 0 Å². The van der Waals surface area contributed by atoms with Crippen molar-refractivity contribution in [3.05, 3.63) is 59.2 Å². The highest BCUT2D eigenvalue weighted by Gasteiger charge is 2.18. The van der Waals surface area contributed by atoms with E-state index in [0.717, 1.165) is 17.8 Å². The Labute approximate surface area is 145 Å². The van der Waals surface area contributed by atoms with E-state index in [4.69, 9.17) is 10.2 Å². The highest BCUT2D eigenvalue weighted by molar-refractivity contribution is 5.27. The molecule has 0 bridgehead atoms. The number of rotatable bonds is 6. The Kier molecular flexibility index (Phi) is 6.09. The topological polar surface area (TPSA) is 49.6 Å². The number of hydrogen-bond donors (Lipinski definition) is 0. The van der Waals surface area contributed by atoms with Crippen LogP contribution in [-0.4, -0.2) is 9.97 Å². The molecule has 24 heavy (non-hydrogen) atoms. The van der Waals surface area contributed by atoms with Crippen LogP contribution in [0.15, 0.2) is 36.5 Å². The van der Waals surface area contributed by atoms with Crippen molar-refractivity contribution < 1.29 is 0 Å². The second-order valence-electron chi connectivity index (χ2n) is 7.14. The smallest absolute Gasteiger partial charge is 0.101 e. The fourth-order valence-corrected chi connectivity index (χ4v) is 2.75. The van der Waals surface area contributed by atoms with Gasteiger partial charge in [-0.1, -0.05) is 40.7 Å². The standard InChI is InChI=1S/C21H27N3/c1-14(2)16(4)21-8-6-7-19(24-21)11-15(3)17(5)20-10-9-18(12-22)13-23-20/h6-10,13-17H,11H2,1-5H3/t15?,16-,17-/m0/s1. The van der Waals surface area contributed by atoms with E-state index in [9.17, 15) is 0 Å². The molecule has 2 rings (SSSR count). The van der Waals surface area contributed by atoms with Crippen molar-refractivity contribution in [3.63, 3.8) is 0 Å². The predicted molar refractivity (Wildman–Crippen MR) is 97.7 cm³/mol. The normalized spacial score (nSPS) is 14.9. The molecule has 0 amide bonds. The summed E-state index contributed by atoms with van der Waals surface area (Å²) in [5.74, 6) is 1.82. The van der Waals surface area contributed by atoms with Crippen molar-refractivity contribution in [2.45, 2.75) is 52.9 Å². The van der Waals surface area contributed by atoms with Crippen LogP contribution in [-0.2, 0) is 6.42 Å².